The van der Waals surface area contributed by atoms with Gasteiger partial charge in [-0.25, -0.2) is 0 Å². The van der Waals surface area contributed by atoms with Gasteiger partial charge in [-0.2, -0.15) is 0 Å². The fourth-order valence-electron chi connectivity index (χ4n) is 2.07. The molecule has 0 aliphatic carbocycles. The summed E-state index contributed by atoms with van der Waals surface area (Å²) in [5.41, 5.74) is 1.89. The van der Waals surface area contributed by atoms with Crippen molar-refractivity contribution in [2.75, 3.05) is 13.8 Å². The average molecular weight is 351 g/mol. The predicted molar refractivity (Wildman–Crippen MR) is 81.6 cm³/mol. The van der Waals surface area contributed by atoms with Crippen LogP contribution in [0.5, 0.6) is 17.2 Å². The van der Waals surface area contributed by atoms with Crippen molar-refractivity contribution in [3.8, 4) is 17.2 Å². The summed E-state index contributed by atoms with van der Waals surface area (Å²) in [7, 11) is 1.89. The largest absolute Gasteiger partial charge is 0.487 e. The number of rotatable bonds is 5. The summed E-state index contributed by atoms with van der Waals surface area (Å²) < 4.78 is 17.6. The lowest BCUT2D eigenvalue weighted by atomic mass is 10.1. The highest BCUT2D eigenvalue weighted by atomic mass is 79.9. The number of pyridine rings is 1. The summed E-state index contributed by atoms with van der Waals surface area (Å²) in [5, 5.41) is 3.12. The number of benzene rings is 1. The van der Waals surface area contributed by atoms with Gasteiger partial charge in [-0.05, 0) is 41.2 Å². The van der Waals surface area contributed by atoms with E-state index in [1.54, 1.807) is 6.20 Å². The first-order valence-electron chi connectivity index (χ1n) is 6.56. The summed E-state index contributed by atoms with van der Waals surface area (Å²) >= 11 is 3.37. The first-order valence-corrected chi connectivity index (χ1v) is 7.36. The van der Waals surface area contributed by atoms with Crippen LogP contribution in [0.3, 0.4) is 0 Å². The van der Waals surface area contributed by atoms with Crippen LogP contribution in [0, 0.1) is 0 Å². The van der Waals surface area contributed by atoms with Crippen molar-refractivity contribution < 1.29 is 14.2 Å². The van der Waals surface area contributed by atoms with Gasteiger partial charge in [0, 0.05) is 28.8 Å². The molecule has 110 valence electrons. The average Bonchev–Trinajstić information content (AvgIpc) is 2.94. The van der Waals surface area contributed by atoms with Crippen molar-refractivity contribution in [3.05, 3.63) is 46.2 Å². The maximum absolute atomic E-state index is 5.89. The molecule has 3 rings (SSSR count). The minimum absolute atomic E-state index is 0.256. The molecule has 1 N–H and O–H groups in total. The molecule has 0 atom stereocenters. The third-order valence-electron chi connectivity index (χ3n) is 3.09. The monoisotopic (exact) mass is 350 g/mol. The van der Waals surface area contributed by atoms with E-state index in [1.807, 2.05) is 31.3 Å². The molecule has 21 heavy (non-hydrogen) atoms. The van der Waals surface area contributed by atoms with Gasteiger partial charge in [0.1, 0.15) is 12.4 Å². The van der Waals surface area contributed by atoms with E-state index in [0.29, 0.717) is 18.9 Å². The quantitative estimate of drug-likeness (QED) is 0.898. The predicted octanol–water partition coefficient (Wildman–Crippen LogP) is 2.87. The maximum atomic E-state index is 5.89. The van der Waals surface area contributed by atoms with Gasteiger partial charge in [-0.15, -0.1) is 0 Å². The molecular weight excluding hydrogens is 336 g/mol. The van der Waals surface area contributed by atoms with Crippen molar-refractivity contribution in [3.63, 3.8) is 0 Å². The Morgan fingerprint density at radius 3 is 2.81 bits per heavy atom. The van der Waals surface area contributed by atoms with Gasteiger partial charge in [-0.3, -0.25) is 4.98 Å². The van der Waals surface area contributed by atoms with E-state index >= 15 is 0 Å². The number of nitrogens with zero attached hydrogens (tertiary/aromatic N) is 1. The molecule has 2 heterocycles. The van der Waals surface area contributed by atoms with Crippen LogP contribution < -0.4 is 19.5 Å². The number of halogens is 1. The molecule has 0 saturated carbocycles. The molecule has 1 aliphatic rings. The maximum Gasteiger partial charge on any atom is 0.231 e. The lowest BCUT2D eigenvalue weighted by molar-refractivity contribution is 0.173. The number of ether oxygens (including phenoxy) is 3. The van der Waals surface area contributed by atoms with Gasteiger partial charge >= 0.3 is 0 Å². The second kappa shape index (κ2) is 6.32. The third kappa shape index (κ3) is 3.28. The molecule has 0 fully saturated rings. The molecule has 0 spiro atoms. The zero-order chi connectivity index (χ0) is 14.7. The number of nitrogens with one attached hydrogen (secondary N) is 1. The zero-order valence-electron chi connectivity index (χ0n) is 11.6. The smallest absolute Gasteiger partial charge is 0.231 e. The summed E-state index contributed by atoms with van der Waals surface area (Å²) in [5.74, 6) is 2.25. The first kappa shape index (κ1) is 14.2. The summed E-state index contributed by atoms with van der Waals surface area (Å²) in [6, 6.07) is 7.69. The molecule has 0 unspecified atom stereocenters. The highest BCUT2D eigenvalue weighted by Gasteiger charge is 2.18. The van der Waals surface area contributed by atoms with Gasteiger partial charge in [0.2, 0.25) is 6.79 Å². The Balaban J connectivity index is 1.78. The highest BCUT2D eigenvalue weighted by Crippen LogP contribution is 2.38. The molecule has 1 aliphatic heterocycles. The van der Waals surface area contributed by atoms with Gasteiger partial charge in [0.15, 0.2) is 11.5 Å². The van der Waals surface area contributed by atoms with Crippen molar-refractivity contribution >= 4 is 15.9 Å². The van der Waals surface area contributed by atoms with Gasteiger partial charge < -0.3 is 19.5 Å². The van der Waals surface area contributed by atoms with Crippen molar-refractivity contribution in [1.82, 2.24) is 10.3 Å². The topological polar surface area (TPSA) is 52.6 Å². The van der Waals surface area contributed by atoms with Crippen molar-refractivity contribution in [2.45, 2.75) is 13.2 Å². The molecule has 0 amide bonds. The van der Waals surface area contributed by atoms with Crippen LogP contribution in [0.25, 0.3) is 0 Å². The lowest BCUT2D eigenvalue weighted by Gasteiger charge is -2.12. The summed E-state index contributed by atoms with van der Waals surface area (Å²) in [6.07, 6.45) is 1.76. The molecule has 0 saturated heterocycles. The van der Waals surface area contributed by atoms with Crippen LogP contribution in [0.1, 0.15) is 11.3 Å². The lowest BCUT2D eigenvalue weighted by Crippen LogP contribution is -2.08. The first-order chi connectivity index (χ1) is 10.3. The Morgan fingerprint density at radius 1 is 1.29 bits per heavy atom. The van der Waals surface area contributed by atoms with E-state index in [0.717, 1.165) is 27.2 Å². The van der Waals surface area contributed by atoms with Crippen LogP contribution in [-0.2, 0) is 13.2 Å². The Hall–Kier alpha value is -1.79. The third-order valence-corrected chi connectivity index (χ3v) is 3.56. The van der Waals surface area contributed by atoms with Crippen LogP contribution in [0.15, 0.2) is 34.9 Å². The number of aromatic nitrogens is 1. The van der Waals surface area contributed by atoms with E-state index < -0.39 is 0 Å². The second-order valence-corrected chi connectivity index (χ2v) is 5.52. The summed E-state index contributed by atoms with van der Waals surface area (Å²) in [4.78, 5) is 4.30. The summed E-state index contributed by atoms with van der Waals surface area (Å²) in [6.45, 7) is 1.36. The molecule has 2 aromatic rings. The number of hydrogen-bond acceptors (Lipinski definition) is 5. The molecule has 1 aromatic carbocycles. The van der Waals surface area contributed by atoms with Crippen LogP contribution in [0.2, 0.25) is 0 Å². The van der Waals surface area contributed by atoms with E-state index in [4.69, 9.17) is 14.2 Å². The molecule has 6 heteroatoms. The van der Waals surface area contributed by atoms with Crippen molar-refractivity contribution in [2.24, 2.45) is 0 Å². The standard InChI is InChI=1S/C15H15BrN2O3/c1-17-6-10-4-14-15(21-9-20-14)5-13(10)19-8-12-3-2-11(16)7-18-12/h2-5,7,17H,6,8-9H2,1H3. The van der Waals surface area contributed by atoms with E-state index in [2.05, 4.69) is 26.2 Å². The Labute approximate surface area is 131 Å². The minimum Gasteiger partial charge on any atom is -0.487 e. The number of fused-ring (bicyclic) bond motifs is 1. The Bertz CT molecular complexity index is 632. The van der Waals surface area contributed by atoms with E-state index in [9.17, 15) is 0 Å². The van der Waals surface area contributed by atoms with Gasteiger partial charge in [0.05, 0.1) is 5.69 Å². The molecule has 0 bridgehead atoms. The van der Waals surface area contributed by atoms with Crippen LogP contribution in [-0.4, -0.2) is 18.8 Å². The SMILES string of the molecule is CNCc1cc2c(cc1OCc1ccc(Br)cn1)OCO2. The van der Waals surface area contributed by atoms with Crippen LogP contribution in [0.4, 0.5) is 0 Å². The van der Waals surface area contributed by atoms with Crippen molar-refractivity contribution in [1.29, 1.82) is 0 Å². The Kier molecular flexibility index (Phi) is 4.26. The highest BCUT2D eigenvalue weighted by molar-refractivity contribution is 9.10. The van der Waals surface area contributed by atoms with Crippen LogP contribution >= 0.6 is 15.9 Å². The Morgan fingerprint density at radius 2 is 2.10 bits per heavy atom. The fraction of sp³-hybridized carbons (Fsp3) is 0.267. The molecule has 5 nitrogen and oxygen atoms in total. The second-order valence-electron chi connectivity index (χ2n) is 4.60. The zero-order valence-corrected chi connectivity index (χ0v) is 13.1. The molecule has 1 aromatic heterocycles. The molecule has 0 radical (unpaired) electrons. The fourth-order valence-corrected chi connectivity index (χ4v) is 2.31. The van der Waals surface area contributed by atoms with Gasteiger partial charge in [-0.1, -0.05) is 0 Å². The normalized spacial score (nSPS) is 12.5. The number of hydrogen-bond donors (Lipinski definition) is 1. The minimum atomic E-state index is 0.256. The van der Waals surface area contributed by atoms with E-state index in [-0.39, 0.29) is 6.79 Å². The van der Waals surface area contributed by atoms with Gasteiger partial charge in [0.25, 0.3) is 0 Å². The van der Waals surface area contributed by atoms with E-state index in [1.165, 1.54) is 0 Å². The molecular formula is C15H15BrN2O3.